The van der Waals surface area contributed by atoms with Crippen LogP contribution in [0, 0.1) is 5.92 Å². The van der Waals surface area contributed by atoms with E-state index in [9.17, 15) is 4.79 Å². The average Bonchev–Trinajstić information content (AvgIpc) is 2.82. The molecule has 32 heavy (non-hydrogen) atoms. The zero-order valence-electron chi connectivity index (χ0n) is 18.0. The smallest absolute Gasteiger partial charge is 0.230 e. The Kier molecular flexibility index (Phi) is 6.02. The summed E-state index contributed by atoms with van der Waals surface area (Å²) in [7, 11) is 0. The molecule has 2 N–H and O–H groups in total. The quantitative estimate of drug-likeness (QED) is 0.567. The van der Waals surface area contributed by atoms with Gasteiger partial charge in [-0.2, -0.15) is 4.98 Å². The second kappa shape index (κ2) is 9.40. The van der Waals surface area contributed by atoms with Crippen molar-refractivity contribution in [1.82, 2.24) is 30.2 Å². The molecule has 0 aliphatic carbocycles. The number of piperidine rings is 1. The van der Waals surface area contributed by atoms with E-state index in [0.29, 0.717) is 18.3 Å². The summed E-state index contributed by atoms with van der Waals surface area (Å²) in [6.07, 6.45) is 6.75. The van der Waals surface area contributed by atoms with E-state index in [0.717, 1.165) is 62.3 Å². The molecular weight excluding hydrogens is 402 g/mol. The molecule has 8 nitrogen and oxygen atoms in total. The number of anilines is 2. The Morgan fingerprint density at radius 3 is 2.84 bits per heavy atom. The lowest BCUT2D eigenvalue weighted by Gasteiger charge is -2.31. The molecule has 0 saturated carbocycles. The van der Waals surface area contributed by atoms with Gasteiger partial charge in [-0.3, -0.25) is 14.7 Å². The number of carbonyl (C=O) groups is 1. The van der Waals surface area contributed by atoms with E-state index < -0.39 is 0 Å². The number of aryl methyl sites for hydroxylation is 1. The van der Waals surface area contributed by atoms with Gasteiger partial charge >= 0.3 is 0 Å². The second-order valence-corrected chi connectivity index (χ2v) is 8.44. The Balaban J connectivity index is 1.43. The standard InChI is InChI=1S/C24H27N7O/c32-23-18-7-11-31(12-8-18)15-17-3-1-4-21(13-17)29-24-28-16-27-22(30-24)19-6-10-25-20(14-19)5-2-9-26-23/h1,3-4,6,10,13-14,16,18H,2,5,7-9,11-12,15H2,(H,26,32)(H,27,28,29,30). The van der Waals surface area contributed by atoms with Gasteiger partial charge in [0, 0.05) is 42.1 Å². The predicted octanol–water partition coefficient (Wildman–Crippen LogP) is 2.95. The molecule has 5 heterocycles. The summed E-state index contributed by atoms with van der Waals surface area (Å²) >= 11 is 0. The average molecular weight is 430 g/mol. The lowest BCUT2D eigenvalue weighted by atomic mass is 9.95. The largest absolute Gasteiger partial charge is 0.356 e. The van der Waals surface area contributed by atoms with Gasteiger partial charge in [0.15, 0.2) is 5.82 Å². The number of rotatable bonds is 0. The SMILES string of the molecule is O=C1NCCCc2cc(ccn2)-c2ncnc(n2)Nc2cccc(c2)CN2CCC1CC2. The molecular formula is C24H27N7O. The molecule has 1 aromatic carbocycles. The number of hydrogen-bond acceptors (Lipinski definition) is 7. The number of benzene rings is 1. The van der Waals surface area contributed by atoms with Crippen LogP contribution in [0.4, 0.5) is 11.6 Å². The minimum absolute atomic E-state index is 0.111. The third-order valence-corrected chi connectivity index (χ3v) is 6.10. The fraction of sp³-hybridized carbons (Fsp3) is 0.375. The normalized spacial score (nSPS) is 21.3. The van der Waals surface area contributed by atoms with E-state index in [-0.39, 0.29) is 11.8 Å². The first-order valence-corrected chi connectivity index (χ1v) is 11.2. The summed E-state index contributed by atoms with van der Waals surface area (Å²) in [5.41, 5.74) is 4.03. The number of amides is 1. The van der Waals surface area contributed by atoms with Crippen molar-refractivity contribution in [3.8, 4) is 11.4 Å². The molecule has 0 atom stereocenters. The highest BCUT2D eigenvalue weighted by atomic mass is 16.1. The first-order valence-electron chi connectivity index (χ1n) is 11.2. The van der Waals surface area contributed by atoms with Crippen LogP contribution in [0.5, 0.6) is 0 Å². The van der Waals surface area contributed by atoms with Crippen molar-refractivity contribution < 1.29 is 4.79 Å². The van der Waals surface area contributed by atoms with Crippen LogP contribution in [0.2, 0.25) is 0 Å². The van der Waals surface area contributed by atoms with Crippen LogP contribution in [0.25, 0.3) is 11.4 Å². The Labute approximate surface area is 187 Å². The number of nitrogens with zero attached hydrogens (tertiary/aromatic N) is 5. The molecule has 1 saturated heterocycles. The molecule has 8 heteroatoms. The molecule has 1 fully saturated rings. The van der Waals surface area contributed by atoms with Gasteiger partial charge < -0.3 is 10.6 Å². The van der Waals surface area contributed by atoms with Crippen molar-refractivity contribution in [3.05, 3.63) is 60.2 Å². The van der Waals surface area contributed by atoms with Crippen LogP contribution in [0.1, 0.15) is 30.5 Å². The first-order chi connectivity index (χ1) is 15.7. The van der Waals surface area contributed by atoms with Gasteiger partial charge in [0.2, 0.25) is 11.9 Å². The number of hydrogen-bond donors (Lipinski definition) is 2. The van der Waals surface area contributed by atoms with E-state index >= 15 is 0 Å². The Bertz CT molecular complexity index is 1090. The fourth-order valence-electron chi connectivity index (χ4n) is 4.36. The van der Waals surface area contributed by atoms with E-state index in [4.69, 9.17) is 0 Å². The Morgan fingerprint density at radius 1 is 1.03 bits per heavy atom. The third kappa shape index (κ3) is 4.91. The summed E-state index contributed by atoms with van der Waals surface area (Å²) in [6, 6.07) is 12.2. The van der Waals surface area contributed by atoms with E-state index in [2.05, 4.69) is 47.6 Å². The van der Waals surface area contributed by atoms with Crippen LogP contribution < -0.4 is 10.6 Å². The third-order valence-electron chi connectivity index (χ3n) is 6.10. The Morgan fingerprint density at radius 2 is 1.94 bits per heavy atom. The molecule has 1 amide bonds. The molecule has 3 aliphatic rings. The summed E-state index contributed by atoms with van der Waals surface area (Å²) in [5, 5.41) is 6.44. The van der Waals surface area contributed by atoms with Gasteiger partial charge in [0.1, 0.15) is 6.33 Å². The molecule has 0 unspecified atom stereocenters. The maximum absolute atomic E-state index is 12.6. The maximum atomic E-state index is 12.6. The Hall–Kier alpha value is -3.39. The zero-order chi connectivity index (χ0) is 21.8. The van der Waals surface area contributed by atoms with E-state index in [1.54, 1.807) is 6.20 Å². The number of pyridine rings is 1. The van der Waals surface area contributed by atoms with Gasteiger partial charge in [0.25, 0.3) is 0 Å². The summed E-state index contributed by atoms with van der Waals surface area (Å²) in [6.45, 7) is 3.40. The van der Waals surface area contributed by atoms with Gasteiger partial charge in [-0.1, -0.05) is 12.1 Å². The highest BCUT2D eigenvalue weighted by Crippen LogP contribution is 2.22. The second-order valence-electron chi connectivity index (χ2n) is 8.44. The highest BCUT2D eigenvalue weighted by Gasteiger charge is 2.24. The molecule has 164 valence electrons. The molecule has 0 radical (unpaired) electrons. The van der Waals surface area contributed by atoms with Crippen molar-refractivity contribution in [1.29, 1.82) is 0 Å². The summed E-state index contributed by atoms with van der Waals surface area (Å²) in [5.74, 6) is 1.42. The molecule has 2 aromatic heterocycles. The number of fused-ring (bicyclic) bond motifs is 6. The lowest BCUT2D eigenvalue weighted by Crippen LogP contribution is -2.40. The van der Waals surface area contributed by atoms with Crippen LogP contribution in [0.15, 0.2) is 48.9 Å². The van der Waals surface area contributed by atoms with Gasteiger partial charge in [-0.15, -0.1) is 0 Å². The molecule has 8 bridgehead atoms. The van der Waals surface area contributed by atoms with Crippen LogP contribution in [-0.2, 0) is 17.8 Å². The molecule has 3 aliphatic heterocycles. The van der Waals surface area contributed by atoms with E-state index in [1.807, 2.05) is 24.3 Å². The number of aromatic nitrogens is 4. The van der Waals surface area contributed by atoms with Crippen molar-refractivity contribution in [2.75, 3.05) is 25.0 Å². The minimum Gasteiger partial charge on any atom is -0.356 e. The molecule has 6 rings (SSSR count). The highest BCUT2D eigenvalue weighted by molar-refractivity contribution is 5.78. The minimum atomic E-state index is 0.111. The maximum Gasteiger partial charge on any atom is 0.230 e. The molecule has 3 aromatic rings. The van der Waals surface area contributed by atoms with Crippen molar-refractivity contribution in [3.63, 3.8) is 0 Å². The topological polar surface area (TPSA) is 95.9 Å². The van der Waals surface area contributed by atoms with Crippen LogP contribution in [-0.4, -0.2) is 50.4 Å². The monoisotopic (exact) mass is 429 g/mol. The van der Waals surface area contributed by atoms with Crippen molar-refractivity contribution in [2.45, 2.75) is 32.2 Å². The van der Waals surface area contributed by atoms with Crippen molar-refractivity contribution in [2.24, 2.45) is 5.92 Å². The summed E-state index contributed by atoms with van der Waals surface area (Å²) < 4.78 is 0. The lowest BCUT2D eigenvalue weighted by molar-refractivity contribution is -0.126. The van der Waals surface area contributed by atoms with E-state index in [1.165, 1.54) is 11.9 Å². The number of carbonyl (C=O) groups excluding carboxylic acids is 1. The number of nitrogens with one attached hydrogen (secondary N) is 2. The molecule has 0 spiro atoms. The fourth-order valence-corrected chi connectivity index (χ4v) is 4.36. The van der Waals surface area contributed by atoms with Crippen molar-refractivity contribution >= 4 is 17.5 Å². The van der Waals surface area contributed by atoms with Crippen LogP contribution in [0.3, 0.4) is 0 Å². The van der Waals surface area contributed by atoms with Gasteiger partial charge in [-0.25, -0.2) is 9.97 Å². The van der Waals surface area contributed by atoms with Gasteiger partial charge in [0.05, 0.1) is 0 Å². The summed E-state index contributed by atoms with van der Waals surface area (Å²) in [4.78, 5) is 32.7. The van der Waals surface area contributed by atoms with Gasteiger partial charge in [-0.05, 0) is 68.6 Å². The zero-order valence-corrected chi connectivity index (χ0v) is 18.0. The predicted molar refractivity (Wildman–Crippen MR) is 122 cm³/mol. The van der Waals surface area contributed by atoms with Crippen LogP contribution >= 0.6 is 0 Å². The first kappa shape index (κ1) is 20.5.